The molecular formula is C12H12BrN3O3S. The number of ether oxygens (including phenoxy) is 1. The minimum absolute atomic E-state index is 0.0697. The summed E-state index contributed by atoms with van der Waals surface area (Å²) in [5, 5.41) is 17.3. The first-order chi connectivity index (χ1) is 9.52. The van der Waals surface area contributed by atoms with Gasteiger partial charge in [0.15, 0.2) is 5.16 Å². The molecule has 0 aliphatic rings. The number of aliphatic carboxylic acids is 1. The van der Waals surface area contributed by atoms with Gasteiger partial charge in [-0.2, -0.15) is 0 Å². The number of nitrogens with zero attached hydrogens (tertiary/aromatic N) is 3. The Morgan fingerprint density at radius 1 is 1.50 bits per heavy atom. The van der Waals surface area contributed by atoms with Crippen LogP contribution in [0.3, 0.4) is 0 Å². The van der Waals surface area contributed by atoms with E-state index in [0.29, 0.717) is 16.7 Å². The van der Waals surface area contributed by atoms with E-state index in [1.54, 1.807) is 11.7 Å². The smallest absolute Gasteiger partial charge is 0.313 e. The zero-order valence-corrected chi connectivity index (χ0v) is 13.2. The molecule has 2 aromatic rings. The molecule has 6 nitrogen and oxygen atoms in total. The minimum Gasteiger partial charge on any atom is -0.497 e. The molecule has 0 saturated carbocycles. The number of aromatic nitrogens is 3. The van der Waals surface area contributed by atoms with Gasteiger partial charge in [0.25, 0.3) is 0 Å². The molecule has 1 aromatic carbocycles. The summed E-state index contributed by atoms with van der Waals surface area (Å²) in [4.78, 5) is 10.7. The van der Waals surface area contributed by atoms with Gasteiger partial charge in [0.1, 0.15) is 11.6 Å². The van der Waals surface area contributed by atoms with Crippen molar-refractivity contribution in [2.45, 2.75) is 12.1 Å². The molecule has 0 aliphatic heterocycles. The number of halogens is 1. The second-order valence-corrected chi connectivity index (χ2v) is 5.66. The molecule has 0 unspecified atom stereocenters. The molecule has 0 spiro atoms. The Morgan fingerprint density at radius 3 is 2.90 bits per heavy atom. The third kappa shape index (κ3) is 3.13. The van der Waals surface area contributed by atoms with Crippen LogP contribution < -0.4 is 4.74 Å². The SMILES string of the molecule is COc1ccc(Br)c(-n2c(C)nnc2SCC(=O)O)c1. The predicted octanol–water partition coefficient (Wildman–Crippen LogP) is 2.52. The number of carboxylic acids is 1. The van der Waals surface area contributed by atoms with Crippen LogP contribution in [0.5, 0.6) is 5.75 Å². The Labute approximate surface area is 128 Å². The highest BCUT2D eigenvalue weighted by Gasteiger charge is 2.15. The number of thioether (sulfide) groups is 1. The van der Waals surface area contributed by atoms with Gasteiger partial charge < -0.3 is 9.84 Å². The van der Waals surface area contributed by atoms with Crippen molar-refractivity contribution in [3.05, 3.63) is 28.5 Å². The van der Waals surface area contributed by atoms with E-state index in [-0.39, 0.29) is 5.75 Å². The molecule has 0 amide bonds. The number of methoxy groups -OCH3 is 1. The summed E-state index contributed by atoms with van der Waals surface area (Å²) in [6, 6.07) is 5.53. The molecule has 2 rings (SSSR count). The topological polar surface area (TPSA) is 77.2 Å². The van der Waals surface area contributed by atoms with Crippen molar-refractivity contribution in [2.75, 3.05) is 12.9 Å². The molecule has 0 aliphatic carbocycles. The second kappa shape index (κ2) is 6.27. The highest BCUT2D eigenvalue weighted by Crippen LogP contribution is 2.30. The van der Waals surface area contributed by atoms with Crippen LogP contribution in [0, 0.1) is 6.92 Å². The maximum absolute atomic E-state index is 10.7. The van der Waals surface area contributed by atoms with Crippen LogP contribution in [-0.2, 0) is 4.79 Å². The van der Waals surface area contributed by atoms with Gasteiger partial charge in [-0.25, -0.2) is 0 Å². The number of hydrogen-bond acceptors (Lipinski definition) is 5. The number of carbonyl (C=O) groups is 1. The number of hydrogen-bond donors (Lipinski definition) is 1. The summed E-state index contributed by atoms with van der Waals surface area (Å²) >= 11 is 4.59. The lowest BCUT2D eigenvalue weighted by atomic mass is 10.3. The maximum Gasteiger partial charge on any atom is 0.313 e. The molecule has 0 bridgehead atoms. The molecule has 0 saturated heterocycles. The average Bonchev–Trinajstić information content (AvgIpc) is 2.78. The van der Waals surface area contributed by atoms with Crippen LogP contribution in [-0.4, -0.2) is 38.7 Å². The summed E-state index contributed by atoms with van der Waals surface area (Å²) < 4.78 is 7.85. The van der Waals surface area contributed by atoms with Crippen LogP contribution in [0.25, 0.3) is 5.69 Å². The lowest BCUT2D eigenvalue weighted by Gasteiger charge is -2.11. The van der Waals surface area contributed by atoms with E-state index < -0.39 is 5.97 Å². The predicted molar refractivity (Wildman–Crippen MR) is 78.7 cm³/mol. The van der Waals surface area contributed by atoms with Gasteiger partial charge in [0.05, 0.1) is 18.6 Å². The summed E-state index contributed by atoms with van der Waals surface area (Å²) in [6.45, 7) is 1.81. The van der Waals surface area contributed by atoms with Crippen LogP contribution in [0.1, 0.15) is 5.82 Å². The van der Waals surface area contributed by atoms with E-state index in [1.165, 1.54) is 0 Å². The molecule has 1 aromatic heterocycles. The Hall–Kier alpha value is -1.54. The van der Waals surface area contributed by atoms with E-state index in [0.717, 1.165) is 21.9 Å². The zero-order chi connectivity index (χ0) is 14.7. The van der Waals surface area contributed by atoms with Gasteiger partial charge in [-0.05, 0) is 35.0 Å². The van der Waals surface area contributed by atoms with Gasteiger partial charge >= 0.3 is 5.97 Å². The lowest BCUT2D eigenvalue weighted by Crippen LogP contribution is -2.04. The second-order valence-electron chi connectivity index (χ2n) is 3.86. The van der Waals surface area contributed by atoms with Crippen LogP contribution in [0.15, 0.2) is 27.8 Å². The highest BCUT2D eigenvalue weighted by molar-refractivity contribution is 9.10. The molecule has 1 N–H and O–H groups in total. The quantitative estimate of drug-likeness (QED) is 0.828. The molecule has 0 fully saturated rings. The van der Waals surface area contributed by atoms with Gasteiger partial charge in [0, 0.05) is 10.5 Å². The largest absolute Gasteiger partial charge is 0.497 e. The number of rotatable bonds is 5. The Kier molecular flexibility index (Phi) is 4.66. The standard InChI is InChI=1S/C12H12BrN3O3S/c1-7-14-15-12(20-6-11(17)18)16(7)10-5-8(19-2)3-4-9(10)13/h3-5H,6H2,1-2H3,(H,17,18). The van der Waals surface area contributed by atoms with Crippen molar-refractivity contribution >= 4 is 33.7 Å². The van der Waals surface area contributed by atoms with E-state index in [4.69, 9.17) is 9.84 Å². The van der Waals surface area contributed by atoms with Crippen molar-refractivity contribution < 1.29 is 14.6 Å². The molecule has 0 atom stereocenters. The molecule has 1 heterocycles. The van der Waals surface area contributed by atoms with Crippen LogP contribution in [0.2, 0.25) is 0 Å². The average molecular weight is 358 g/mol. The lowest BCUT2D eigenvalue weighted by molar-refractivity contribution is -0.133. The summed E-state index contributed by atoms with van der Waals surface area (Å²) in [5.74, 6) is 0.406. The van der Waals surface area contributed by atoms with Gasteiger partial charge in [0.2, 0.25) is 0 Å². The Balaban J connectivity index is 2.46. The third-order valence-electron chi connectivity index (χ3n) is 2.51. The molecule has 0 radical (unpaired) electrons. The van der Waals surface area contributed by atoms with E-state index in [1.807, 2.05) is 25.1 Å². The fourth-order valence-electron chi connectivity index (χ4n) is 1.63. The monoisotopic (exact) mass is 357 g/mol. The van der Waals surface area contributed by atoms with Crippen molar-refractivity contribution in [3.8, 4) is 11.4 Å². The third-order valence-corrected chi connectivity index (χ3v) is 4.10. The summed E-state index contributed by atoms with van der Waals surface area (Å²) in [5.41, 5.74) is 0.805. The molecule has 20 heavy (non-hydrogen) atoms. The Bertz CT molecular complexity index is 645. The fourth-order valence-corrected chi connectivity index (χ4v) is 2.77. The zero-order valence-electron chi connectivity index (χ0n) is 10.8. The first-order valence-corrected chi connectivity index (χ1v) is 7.41. The van der Waals surface area contributed by atoms with Crippen molar-refractivity contribution in [1.29, 1.82) is 0 Å². The van der Waals surface area contributed by atoms with Crippen molar-refractivity contribution in [2.24, 2.45) is 0 Å². The van der Waals surface area contributed by atoms with Crippen LogP contribution >= 0.6 is 27.7 Å². The first-order valence-electron chi connectivity index (χ1n) is 5.63. The number of benzene rings is 1. The van der Waals surface area contributed by atoms with Gasteiger partial charge in [-0.15, -0.1) is 10.2 Å². The molecule has 8 heteroatoms. The van der Waals surface area contributed by atoms with Crippen molar-refractivity contribution in [1.82, 2.24) is 14.8 Å². The summed E-state index contributed by atoms with van der Waals surface area (Å²) in [6.07, 6.45) is 0. The van der Waals surface area contributed by atoms with E-state index in [9.17, 15) is 4.79 Å². The van der Waals surface area contributed by atoms with Gasteiger partial charge in [-0.1, -0.05) is 11.8 Å². The fraction of sp³-hybridized carbons (Fsp3) is 0.250. The van der Waals surface area contributed by atoms with E-state index >= 15 is 0 Å². The summed E-state index contributed by atoms with van der Waals surface area (Å²) in [7, 11) is 1.59. The Morgan fingerprint density at radius 2 is 2.25 bits per heavy atom. The normalized spacial score (nSPS) is 10.6. The van der Waals surface area contributed by atoms with Crippen molar-refractivity contribution in [3.63, 3.8) is 0 Å². The number of carboxylic acid groups (broad SMARTS) is 1. The maximum atomic E-state index is 10.7. The first kappa shape index (κ1) is 14.9. The number of aryl methyl sites for hydroxylation is 1. The highest BCUT2D eigenvalue weighted by atomic mass is 79.9. The van der Waals surface area contributed by atoms with Crippen LogP contribution in [0.4, 0.5) is 0 Å². The van der Waals surface area contributed by atoms with E-state index in [2.05, 4.69) is 26.1 Å². The van der Waals surface area contributed by atoms with Gasteiger partial charge in [-0.3, -0.25) is 9.36 Å². The molecular weight excluding hydrogens is 346 g/mol. The molecule has 106 valence electrons. The minimum atomic E-state index is -0.896.